The number of aromatic nitrogens is 2. The van der Waals surface area contributed by atoms with Gasteiger partial charge in [0.15, 0.2) is 4.47 Å². The van der Waals surface area contributed by atoms with Crippen molar-refractivity contribution in [1.29, 1.82) is 0 Å². The molecule has 0 saturated heterocycles. The molecule has 0 spiro atoms. The minimum Gasteiger partial charge on any atom is -0.380 e. The maximum atomic E-state index is 12.5. The zero-order valence-corrected chi connectivity index (χ0v) is 14.9. The van der Waals surface area contributed by atoms with Gasteiger partial charge in [-0.25, -0.2) is 9.97 Å². The van der Waals surface area contributed by atoms with Gasteiger partial charge in [0, 0.05) is 27.9 Å². The molecule has 1 aromatic carbocycles. The predicted octanol–water partition coefficient (Wildman–Crippen LogP) is 5.97. The van der Waals surface area contributed by atoms with Crippen molar-refractivity contribution in [2.24, 2.45) is 0 Å². The topological polar surface area (TPSA) is 37.8 Å². The van der Waals surface area contributed by atoms with Crippen molar-refractivity contribution < 1.29 is 13.2 Å². The van der Waals surface area contributed by atoms with E-state index >= 15 is 0 Å². The molecule has 0 saturated carbocycles. The quantitative estimate of drug-likeness (QED) is 0.571. The summed E-state index contributed by atoms with van der Waals surface area (Å²) in [6.45, 7) is 0.622. The molecule has 25 heavy (non-hydrogen) atoms. The van der Waals surface area contributed by atoms with Crippen molar-refractivity contribution in [2.75, 3.05) is 5.32 Å². The summed E-state index contributed by atoms with van der Waals surface area (Å²) in [6, 6.07) is 9.96. The molecule has 2 aromatic heterocycles. The lowest BCUT2D eigenvalue weighted by molar-refractivity contribution is -0.137. The molecule has 0 aliphatic carbocycles. The molecule has 0 aliphatic heterocycles. The van der Waals surface area contributed by atoms with Crippen LogP contribution in [0.5, 0.6) is 0 Å². The third kappa shape index (κ3) is 5.10. The van der Waals surface area contributed by atoms with Gasteiger partial charge >= 0.3 is 6.18 Å². The SMILES string of the molecule is FC(F)(F)c1ccc(Sc2ccc(NCc3cnc(Cl)s3)cc2)nc1. The Kier molecular flexibility index (Phi) is 5.51. The van der Waals surface area contributed by atoms with Gasteiger partial charge in [0.25, 0.3) is 0 Å². The molecule has 0 radical (unpaired) electrons. The van der Waals surface area contributed by atoms with Gasteiger partial charge in [-0.15, -0.1) is 11.3 Å². The monoisotopic (exact) mass is 401 g/mol. The van der Waals surface area contributed by atoms with Gasteiger partial charge in [0.1, 0.15) is 5.03 Å². The molecule has 0 fully saturated rings. The smallest absolute Gasteiger partial charge is 0.380 e. The molecule has 3 aromatic rings. The van der Waals surface area contributed by atoms with Crippen LogP contribution >= 0.6 is 34.7 Å². The van der Waals surface area contributed by atoms with E-state index in [-0.39, 0.29) is 0 Å². The van der Waals surface area contributed by atoms with Gasteiger partial charge in [-0.1, -0.05) is 23.4 Å². The van der Waals surface area contributed by atoms with Crippen molar-refractivity contribution in [3.63, 3.8) is 0 Å². The maximum absolute atomic E-state index is 12.5. The summed E-state index contributed by atoms with van der Waals surface area (Å²) in [5, 5.41) is 3.76. The average molecular weight is 402 g/mol. The van der Waals surface area contributed by atoms with Gasteiger partial charge < -0.3 is 5.32 Å². The molecule has 0 amide bonds. The fraction of sp³-hybridized carbons (Fsp3) is 0.125. The first-order valence-corrected chi connectivity index (χ1v) is 9.06. The van der Waals surface area contributed by atoms with Crippen LogP contribution in [0.4, 0.5) is 18.9 Å². The second kappa shape index (κ2) is 7.63. The van der Waals surface area contributed by atoms with Crippen LogP contribution in [0.3, 0.4) is 0 Å². The zero-order chi connectivity index (χ0) is 17.9. The number of alkyl halides is 3. The van der Waals surface area contributed by atoms with Gasteiger partial charge in [0.2, 0.25) is 0 Å². The van der Waals surface area contributed by atoms with Crippen LogP contribution in [0.2, 0.25) is 4.47 Å². The Morgan fingerprint density at radius 2 is 1.80 bits per heavy atom. The summed E-state index contributed by atoms with van der Waals surface area (Å²) in [7, 11) is 0. The Labute approximate surface area is 155 Å². The van der Waals surface area contributed by atoms with Gasteiger partial charge in [-0.3, -0.25) is 0 Å². The van der Waals surface area contributed by atoms with E-state index < -0.39 is 11.7 Å². The standard InChI is InChI=1S/C16H11ClF3N3S2/c17-15-23-9-13(25-15)8-21-11-2-4-12(5-3-11)24-14-6-1-10(7-22-14)16(18,19)20/h1-7,9,21H,8H2. The average Bonchev–Trinajstić information content (AvgIpc) is 2.99. The van der Waals surface area contributed by atoms with Gasteiger partial charge in [0.05, 0.1) is 12.1 Å². The van der Waals surface area contributed by atoms with E-state index in [9.17, 15) is 13.2 Å². The van der Waals surface area contributed by atoms with E-state index in [1.165, 1.54) is 29.2 Å². The number of benzene rings is 1. The molecule has 1 N–H and O–H groups in total. The molecular formula is C16H11ClF3N3S2. The first kappa shape index (κ1) is 18.0. The molecule has 3 nitrogen and oxygen atoms in total. The summed E-state index contributed by atoms with van der Waals surface area (Å²) >= 11 is 8.50. The number of halogens is 4. The van der Waals surface area contributed by atoms with E-state index in [2.05, 4.69) is 15.3 Å². The Morgan fingerprint density at radius 1 is 1.04 bits per heavy atom. The number of thiazole rings is 1. The molecule has 2 heterocycles. The van der Waals surface area contributed by atoms with E-state index in [1.807, 2.05) is 24.3 Å². The lowest BCUT2D eigenvalue weighted by Gasteiger charge is -2.08. The maximum Gasteiger partial charge on any atom is 0.417 e. The molecule has 0 bridgehead atoms. The Bertz CT molecular complexity index is 833. The molecule has 3 rings (SSSR count). The van der Waals surface area contributed by atoms with Crippen LogP contribution in [0.25, 0.3) is 0 Å². The minimum absolute atomic E-state index is 0.507. The van der Waals surface area contributed by atoms with Crippen molar-refractivity contribution in [3.05, 3.63) is 63.7 Å². The van der Waals surface area contributed by atoms with Crippen molar-refractivity contribution in [3.8, 4) is 0 Å². The molecular weight excluding hydrogens is 391 g/mol. The van der Waals surface area contributed by atoms with Crippen LogP contribution in [-0.2, 0) is 12.7 Å². The lowest BCUT2D eigenvalue weighted by Crippen LogP contribution is -2.04. The number of nitrogens with zero attached hydrogens (tertiary/aromatic N) is 2. The normalized spacial score (nSPS) is 11.5. The summed E-state index contributed by atoms with van der Waals surface area (Å²) in [5.41, 5.74) is 0.175. The molecule has 0 atom stereocenters. The Morgan fingerprint density at radius 3 is 2.36 bits per heavy atom. The van der Waals surface area contributed by atoms with Crippen LogP contribution in [-0.4, -0.2) is 9.97 Å². The number of pyridine rings is 1. The summed E-state index contributed by atoms with van der Waals surface area (Å²) < 4.78 is 38.1. The third-order valence-electron chi connectivity index (χ3n) is 3.13. The van der Waals surface area contributed by atoms with Gasteiger partial charge in [-0.2, -0.15) is 13.2 Å². The number of nitrogens with one attached hydrogen (secondary N) is 1. The highest BCUT2D eigenvalue weighted by atomic mass is 35.5. The number of rotatable bonds is 5. The lowest BCUT2D eigenvalue weighted by atomic mass is 10.3. The zero-order valence-electron chi connectivity index (χ0n) is 12.5. The van der Waals surface area contributed by atoms with E-state index in [1.54, 1.807) is 6.20 Å². The predicted molar refractivity (Wildman–Crippen MR) is 94.3 cm³/mol. The first-order chi connectivity index (χ1) is 11.9. The van der Waals surface area contributed by atoms with E-state index in [0.717, 1.165) is 27.7 Å². The van der Waals surface area contributed by atoms with E-state index in [4.69, 9.17) is 11.6 Å². The first-order valence-electron chi connectivity index (χ1n) is 7.05. The highest BCUT2D eigenvalue weighted by Crippen LogP contribution is 2.32. The minimum atomic E-state index is -4.37. The number of hydrogen-bond acceptors (Lipinski definition) is 5. The van der Waals surface area contributed by atoms with Crippen molar-refractivity contribution >= 4 is 40.4 Å². The van der Waals surface area contributed by atoms with Gasteiger partial charge in [-0.05, 0) is 36.4 Å². The highest BCUT2D eigenvalue weighted by Gasteiger charge is 2.30. The number of hydrogen-bond donors (Lipinski definition) is 1. The summed E-state index contributed by atoms with van der Waals surface area (Å²) in [6.07, 6.45) is -1.80. The highest BCUT2D eigenvalue weighted by molar-refractivity contribution is 7.99. The summed E-state index contributed by atoms with van der Waals surface area (Å²) in [4.78, 5) is 9.74. The molecule has 0 unspecified atom stereocenters. The Balaban J connectivity index is 1.58. The third-order valence-corrected chi connectivity index (χ3v) is 5.21. The molecule has 9 heteroatoms. The fourth-order valence-electron chi connectivity index (χ4n) is 1.92. The van der Waals surface area contributed by atoms with Crippen LogP contribution < -0.4 is 5.32 Å². The van der Waals surface area contributed by atoms with Crippen LogP contribution in [0, 0.1) is 0 Å². The molecule has 0 aliphatic rings. The van der Waals surface area contributed by atoms with Crippen molar-refractivity contribution in [2.45, 2.75) is 22.6 Å². The van der Waals surface area contributed by atoms with Crippen molar-refractivity contribution in [1.82, 2.24) is 9.97 Å². The Hall–Kier alpha value is -1.77. The second-order valence-electron chi connectivity index (χ2n) is 4.94. The van der Waals surface area contributed by atoms with E-state index in [0.29, 0.717) is 16.0 Å². The van der Waals surface area contributed by atoms with Crippen LogP contribution in [0.1, 0.15) is 10.4 Å². The fourth-order valence-corrected chi connectivity index (χ4v) is 3.60. The number of anilines is 1. The second-order valence-corrected chi connectivity index (χ2v) is 7.73. The molecule has 130 valence electrons. The summed E-state index contributed by atoms with van der Waals surface area (Å²) in [5.74, 6) is 0. The van der Waals surface area contributed by atoms with Crippen LogP contribution in [0.15, 0.2) is 58.7 Å². The largest absolute Gasteiger partial charge is 0.417 e.